The van der Waals surface area contributed by atoms with Crippen LogP contribution >= 0.6 is 0 Å². The second kappa shape index (κ2) is 20.3. The molecule has 0 aromatic rings. The molecule has 1 aliphatic heterocycles. The van der Waals surface area contributed by atoms with Crippen LogP contribution in [0.3, 0.4) is 0 Å². The number of rotatable bonds is 17. The predicted octanol–water partition coefficient (Wildman–Crippen LogP) is 6.18. The molecule has 7 fully saturated rings. The summed E-state index contributed by atoms with van der Waals surface area (Å²) in [7, 11) is 10.4. The SMILES string of the molecule is COC1C(CN2O[C@@H](CO)[C@@H]([C@H](C)CC(C)=O)[C@H]2C(=O)N[C@H]2C[C@H]3C[C@@H]([C@@H]2C)C3(C)C)CCCC1C1CC(C(=O)N[C@@H](CC2CCCCC2)CN(C)C)CC(N(C)C)C1. The molecule has 6 aliphatic carbocycles. The molecule has 0 spiro atoms. The van der Waals surface area contributed by atoms with E-state index in [0.29, 0.717) is 54.0 Å². The number of ketones is 1. The van der Waals surface area contributed by atoms with Crippen molar-refractivity contribution in [3.63, 3.8) is 0 Å². The molecule has 0 radical (unpaired) electrons. The van der Waals surface area contributed by atoms with Gasteiger partial charge >= 0.3 is 0 Å². The molecule has 1 saturated heterocycles. The van der Waals surface area contributed by atoms with Crippen LogP contribution in [0.25, 0.3) is 0 Å². The molecule has 2 amide bonds. The van der Waals surface area contributed by atoms with E-state index in [0.717, 1.165) is 57.9 Å². The topological polar surface area (TPSA) is 124 Å². The Morgan fingerprint density at radius 3 is 2.29 bits per heavy atom. The highest BCUT2D eigenvalue weighted by atomic mass is 16.7. The standard InChI is InChI=1S/C48H85N5O6/c1-29(19-30(2)55)43-42(28-54)59-53(44(43)47(57)50-41-25-36-24-40(31(41)3)48(36,4)5)26-33-17-14-18-39(45(33)58-10)34-21-35(23-38(22-34)52(8)9)46(56)49-37(27-51(6)7)20-32-15-12-11-13-16-32/h29,31-45,54H,11-28H2,1-10H3,(H,49,56)(H,50,57)/t29-,31+,33?,34?,35?,36-,37+,38?,39?,40+,41+,42+,43-,44+,45?/m1/s1. The van der Waals surface area contributed by atoms with Gasteiger partial charge in [-0.2, -0.15) is 5.06 Å². The number of methoxy groups -OCH3 is 1. The summed E-state index contributed by atoms with van der Waals surface area (Å²) in [5.41, 5.74) is 0.314. The van der Waals surface area contributed by atoms with E-state index in [1.807, 2.05) is 19.1 Å². The summed E-state index contributed by atoms with van der Waals surface area (Å²) in [6.45, 7) is 11.9. The highest BCUT2D eigenvalue weighted by Gasteiger charge is 2.58. The number of nitrogens with zero attached hydrogens (tertiary/aromatic N) is 3. The molecule has 338 valence electrons. The molecule has 11 heteroatoms. The zero-order chi connectivity index (χ0) is 42.8. The zero-order valence-corrected chi connectivity index (χ0v) is 38.8. The minimum Gasteiger partial charge on any atom is -0.394 e. The van der Waals surface area contributed by atoms with Crippen LogP contribution in [0.1, 0.15) is 131 Å². The fourth-order valence-corrected chi connectivity index (χ4v) is 13.9. The van der Waals surface area contributed by atoms with Gasteiger partial charge in [0.2, 0.25) is 11.8 Å². The molecule has 11 nitrogen and oxygen atoms in total. The molecule has 7 aliphatic rings. The lowest BCUT2D eigenvalue weighted by Gasteiger charge is -2.62. The molecular weight excluding hydrogens is 743 g/mol. The smallest absolute Gasteiger partial charge is 0.240 e. The number of nitrogens with one attached hydrogen (secondary N) is 2. The van der Waals surface area contributed by atoms with Crippen molar-refractivity contribution in [1.82, 2.24) is 25.5 Å². The van der Waals surface area contributed by atoms with Gasteiger partial charge in [-0.25, -0.2) is 0 Å². The van der Waals surface area contributed by atoms with Crippen molar-refractivity contribution in [1.29, 1.82) is 0 Å². The summed E-state index contributed by atoms with van der Waals surface area (Å²) < 4.78 is 6.52. The summed E-state index contributed by atoms with van der Waals surface area (Å²) in [5.74, 6) is 2.80. The number of hydrogen-bond donors (Lipinski definition) is 3. The van der Waals surface area contributed by atoms with Crippen LogP contribution in [0.4, 0.5) is 0 Å². The van der Waals surface area contributed by atoms with Crippen LogP contribution in [0, 0.1) is 64.6 Å². The Kier molecular flexibility index (Phi) is 16.1. The molecule has 3 N–H and O–H groups in total. The van der Waals surface area contributed by atoms with Crippen molar-refractivity contribution in [2.75, 3.05) is 55.0 Å². The lowest BCUT2D eigenvalue weighted by Crippen LogP contribution is -2.62. The number of aliphatic hydroxyl groups is 1. The van der Waals surface area contributed by atoms with Gasteiger partial charge in [0.1, 0.15) is 17.9 Å². The lowest BCUT2D eigenvalue weighted by molar-refractivity contribution is -0.193. The largest absolute Gasteiger partial charge is 0.394 e. The first-order chi connectivity index (χ1) is 28.0. The predicted molar refractivity (Wildman–Crippen MR) is 233 cm³/mol. The van der Waals surface area contributed by atoms with E-state index >= 15 is 0 Å². The molecule has 59 heavy (non-hydrogen) atoms. The van der Waals surface area contributed by atoms with Crippen LogP contribution in [0.5, 0.6) is 0 Å². The number of aliphatic hydroxyl groups excluding tert-OH is 1. The summed E-state index contributed by atoms with van der Waals surface area (Å²) in [4.78, 5) is 52.6. The number of ether oxygens (including phenoxy) is 1. The fraction of sp³-hybridized carbons (Fsp3) is 0.938. The summed E-state index contributed by atoms with van der Waals surface area (Å²) in [6, 6.07) is -0.0211. The molecule has 15 atom stereocenters. The Morgan fingerprint density at radius 2 is 1.68 bits per heavy atom. The van der Waals surface area contributed by atoms with Crippen molar-refractivity contribution in [2.24, 2.45) is 64.6 Å². The highest BCUT2D eigenvalue weighted by molar-refractivity contribution is 5.83. The fourth-order valence-electron chi connectivity index (χ4n) is 13.9. The number of hydrogen-bond acceptors (Lipinski definition) is 9. The third-order valence-electron chi connectivity index (χ3n) is 17.2. The molecule has 7 rings (SSSR count). The number of amides is 2. The first kappa shape index (κ1) is 46.9. The van der Waals surface area contributed by atoms with Gasteiger partial charge in [-0.1, -0.05) is 66.2 Å². The zero-order valence-electron chi connectivity index (χ0n) is 38.8. The van der Waals surface area contributed by atoms with Gasteiger partial charge in [0.15, 0.2) is 0 Å². The average molecular weight is 828 g/mol. The van der Waals surface area contributed by atoms with Crippen LogP contribution in [0.15, 0.2) is 0 Å². The van der Waals surface area contributed by atoms with Crippen molar-refractivity contribution in [3.8, 4) is 0 Å². The van der Waals surface area contributed by atoms with E-state index in [9.17, 15) is 19.5 Å². The number of hydroxylamine groups is 2. The normalized spacial score (nSPS) is 38.8. The minimum atomic E-state index is -0.609. The lowest BCUT2D eigenvalue weighted by atomic mass is 9.45. The summed E-state index contributed by atoms with van der Waals surface area (Å²) >= 11 is 0. The molecule has 6 unspecified atom stereocenters. The maximum atomic E-state index is 14.7. The van der Waals surface area contributed by atoms with E-state index in [4.69, 9.17) is 9.57 Å². The number of carbonyl (C=O) groups is 3. The Balaban J connectivity index is 1.18. The Hall–Kier alpha value is -1.63. The molecule has 6 saturated carbocycles. The first-order valence-corrected chi connectivity index (χ1v) is 24.0. The van der Waals surface area contributed by atoms with E-state index in [1.54, 1.807) is 6.92 Å². The molecule has 1 heterocycles. The van der Waals surface area contributed by atoms with Crippen LogP contribution < -0.4 is 10.6 Å². The summed E-state index contributed by atoms with van der Waals surface area (Å²) in [5, 5.41) is 19.7. The number of fused-ring (bicyclic) bond motifs is 2. The maximum absolute atomic E-state index is 14.7. The number of likely N-dealkylation sites (N-methyl/N-ethyl adjacent to an activating group) is 1. The van der Waals surface area contributed by atoms with Gasteiger partial charge in [0.25, 0.3) is 0 Å². The minimum absolute atomic E-state index is 0.0374. The molecule has 0 aromatic heterocycles. The average Bonchev–Trinajstić information content (AvgIpc) is 3.56. The highest BCUT2D eigenvalue weighted by Crippen LogP contribution is 2.61. The quantitative estimate of drug-likeness (QED) is 0.158. The van der Waals surface area contributed by atoms with Gasteiger partial charge in [-0.3, -0.25) is 14.4 Å². The van der Waals surface area contributed by atoms with Crippen LogP contribution in [-0.2, 0) is 24.0 Å². The maximum Gasteiger partial charge on any atom is 0.240 e. The van der Waals surface area contributed by atoms with E-state index in [1.165, 1.54) is 38.5 Å². The third kappa shape index (κ3) is 10.8. The van der Waals surface area contributed by atoms with Gasteiger partial charge in [-0.15, -0.1) is 0 Å². The summed E-state index contributed by atoms with van der Waals surface area (Å²) in [6.07, 6.45) is 15.4. The molecule has 0 aromatic carbocycles. The van der Waals surface area contributed by atoms with Gasteiger partial charge in [0, 0.05) is 62.5 Å². The van der Waals surface area contributed by atoms with Gasteiger partial charge in [-0.05, 0) is 133 Å². The van der Waals surface area contributed by atoms with Crippen LogP contribution in [0.2, 0.25) is 0 Å². The van der Waals surface area contributed by atoms with Crippen molar-refractivity contribution >= 4 is 17.6 Å². The van der Waals surface area contributed by atoms with Crippen molar-refractivity contribution in [3.05, 3.63) is 0 Å². The monoisotopic (exact) mass is 828 g/mol. The number of Topliss-reactive ketones (excluding diaryl/α,β-unsaturated/α-hetero) is 1. The van der Waals surface area contributed by atoms with Crippen molar-refractivity contribution < 1.29 is 29.1 Å². The molecule has 2 bridgehead atoms. The van der Waals surface area contributed by atoms with Gasteiger partial charge < -0.3 is 35.1 Å². The van der Waals surface area contributed by atoms with Crippen molar-refractivity contribution in [2.45, 2.75) is 167 Å². The second-order valence-electron chi connectivity index (χ2n) is 21.9. The molecular formula is C48H85N5O6. The van der Waals surface area contributed by atoms with E-state index in [2.05, 4.69) is 69.4 Å². The Labute approximate surface area is 358 Å². The second-order valence-corrected chi connectivity index (χ2v) is 21.9. The van der Waals surface area contributed by atoms with E-state index in [-0.39, 0.29) is 72.0 Å². The Bertz CT molecular complexity index is 1400. The van der Waals surface area contributed by atoms with Gasteiger partial charge in [0.05, 0.1) is 12.7 Å². The Morgan fingerprint density at radius 1 is 0.949 bits per heavy atom. The van der Waals surface area contributed by atoms with E-state index < -0.39 is 12.1 Å². The third-order valence-corrected chi connectivity index (χ3v) is 17.2. The van der Waals surface area contributed by atoms with Crippen LogP contribution in [-0.4, -0.2) is 129 Å². The first-order valence-electron chi connectivity index (χ1n) is 24.0. The number of carbonyl (C=O) groups excluding carboxylic acids is 3.